The molecule has 0 amide bonds. The van der Waals surface area contributed by atoms with Crippen LogP contribution in [0.4, 0.5) is 0 Å². The summed E-state index contributed by atoms with van der Waals surface area (Å²) in [6.07, 6.45) is 1.82. The first-order chi connectivity index (χ1) is 8.75. The molecular formula is C15H19N3. The molecule has 3 heteroatoms. The molecule has 0 radical (unpaired) electrons. The van der Waals surface area contributed by atoms with Crippen LogP contribution < -0.4 is 5.32 Å². The van der Waals surface area contributed by atoms with Crippen molar-refractivity contribution < 1.29 is 0 Å². The summed E-state index contributed by atoms with van der Waals surface area (Å²) in [4.78, 5) is 8.88. The average Bonchev–Trinajstić information content (AvgIpc) is 2.40. The first-order valence-electron chi connectivity index (χ1n) is 6.34. The van der Waals surface area contributed by atoms with Crippen molar-refractivity contribution in [2.45, 2.75) is 20.4 Å². The molecular weight excluding hydrogens is 222 g/mol. The number of nitrogens with one attached hydrogen (secondary N) is 1. The molecule has 0 aliphatic rings. The van der Waals surface area contributed by atoms with Gasteiger partial charge in [-0.1, -0.05) is 44.2 Å². The van der Waals surface area contributed by atoms with Crippen LogP contribution in [-0.4, -0.2) is 16.5 Å². The van der Waals surface area contributed by atoms with Gasteiger partial charge in [-0.25, -0.2) is 9.97 Å². The van der Waals surface area contributed by atoms with Gasteiger partial charge < -0.3 is 5.32 Å². The van der Waals surface area contributed by atoms with Crippen molar-refractivity contribution in [3.8, 4) is 11.4 Å². The van der Waals surface area contributed by atoms with Crippen LogP contribution in [0.3, 0.4) is 0 Å². The molecule has 94 valence electrons. The predicted octanol–water partition coefficient (Wildman–Crippen LogP) is 2.89. The van der Waals surface area contributed by atoms with Crippen LogP contribution in [0.1, 0.15) is 19.5 Å². The van der Waals surface area contributed by atoms with Crippen LogP contribution in [-0.2, 0) is 6.54 Å². The number of aromatic nitrogens is 2. The predicted molar refractivity (Wildman–Crippen MR) is 74.0 cm³/mol. The largest absolute Gasteiger partial charge is 0.311 e. The topological polar surface area (TPSA) is 37.8 Å². The number of benzene rings is 1. The van der Waals surface area contributed by atoms with Crippen LogP contribution >= 0.6 is 0 Å². The Kier molecular flexibility index (Phi) is 4.42. The highest BCUT2D eigenvalue weighted by atomic mass is 14.9. The lowest BCUT2D eigenvalue weighted by Crippen LogP contribution is -2.19. The fourth-order valence-electron chi connectivity index (χ4n) is 1.71. The molecule has 2 rings (SSSR count). The first kappa shape index (κ1) is 12.7. The normalized spacial score (nSPS) is 10.8. The molecule has 1 aromatic heterocycles. The summed E-state index contributed by atoms with van der Waals surface area (Å²) in [5, 5.41) is 3.39. The van der Waals surface area contributed by atoms with Crippen LogP contribution in [0.2, 0.25) is 0 Å². The SMILES string of the molecule is CC(C)CNCc1ccnc(-c2ccccc2)n1. The van der Waals surface area contributed by atoms with E-state index < -0.39 is 0 Å². The summed E-state index contributed by atoms with van der Waals surface area (Å²) in [6.45, 7) is 6.19. The molecule has 0 unspecified atom stereocenters. The lowest BCUT2D eigenvalue weighted by Gasteiger charge is -2.07. The van der Waals surface area contributed by atoms with Crippen molar-refractivity contribution in [1.29, 1.82) is 0 Å². The van der Waals surface area contributed by atoms with Gasteiger partial charge in [0.05, 0.1) is 5.69 Å². The molecule has 3 nitrogen and oxygen atoms in total. The summed E-state index contributed by atoms with van der Waals surface area (Å²) < 4.78 is 0. The van der Waals surface area contributed by atoms with Gasteiger partial charge >= 0.3 is 0 Å². The highest BCUT2D eigenvalue weighted by Gasteiger charge is 2.02. The number of nitrogens with zero attached hydrogens (tertiary/aromatic N) is 2. The Bertz CT molecular complexity index is 480. The van der Waals surface area contributed by atoms with Crippen LogP contribution in [0, 0.1) is 5.92 Å². The average molecular weight is 241 g/mol. The summed E-state index contributed by atoms with van der Waals surface area (Å²) in [6, 6.07) is 12.0. The lowest BCUT2D eigenvalue weighted by atomic mass is 10.2. The molecule has 0 spiro atoms. The fraction of sp³-hybridized carbons (Fsp3) is 0.333. The zero-order valence-electron chi connectivity index (χ0n) is 10.9. The van der Waals surface area contributed by atoms with Crippen molar-refractivity contribution in [3.63, 3.8) is 0 Å². The van der Waals surface area contributed by atoms with Gasteiger partial charge in [0, 0.05) is 18.3 Å². The minimum atomic E-state index is 0.653. The van der Waals surface area contributed by atoms with E-state index in [4.69, 9.17) is 0 Å². The smallest absolute Gasteiger partial charge is 0.159 e. The zero-order chi connectivity index (χ0) is 12.8. The zero-order valence-corrected chi connectivity index (χ0v) is 10.9. The molecule has 1 N–H and O–H groups in total. The van der Waals surface area contributed by atoms with Gasteiger partial charge in [-0.2, -0.15) is 0 Å². The van der Waals surface area contributed by atoms with E-state index in [2.05, 4.69) is 29.1 Å². The van der Waals surface area contributed by atoms with Gasteiger partial charge in [0.2, 0.25) is 0 Å². The molecule has 2 aromatic rings. The number of rotatable bonds is 5. The van der Waals surface area contributed by atoms with E-state index in [1.54, 1.807) is 0 Å². The van der Waals surface area contributed by atoms with Gasteiger partial charge in [0.1, 0.15) is 0 Å². The maximum absolute atomic E-state index is 4.57. The van der Waals surface area contributed by atoms with Crippen LogP contribution in [0.25, 0.3) is 11.4 Å². The summed E-state index contributed by atoms with van der Waals surface area (Å²) >= 11 is 0. The molecule has 1 aromatic carbocycles. The van der Waals surface area contributed by atoms with Crippen molar-refractivity contribution >= 4 is 0 Å². The van der Waals surface area contributed by atoms with Crippen molar-refractivity contribution in [3.05, 3.63) is 48.3 Å². The van der Waals surface area contributed by atoms with Crippen molar-refractivity contribution in [2.75, 3.05) is 6.54 Å². The molecule has 0 bridgehead atoms. The molecule has 18 heavy (non-hydrogen) atoms. The molecule has 0 fully saturated rings. The third-order valence-corrected chi connectivity index (χ3v) is 2.60. The standard InChI is InChI=1S/C15H19N3/c1-12(2)10-16-11-14-8-9-17-15(18-14)13-6-4-3-5-7-13/h3-9,12,16H,10-11H2,1-2H3. The van der Waals surface area contributed by atoms with Crippen LogP contribution in [0.5, 0.6) is 0 Å². The first-order valence-corrected chi connectivity index (χ1v) is 6.34. The molecule has 1 heterocycles. The second-order valence-electron chi connectivity index (χ2n) is 4.76. The van der Waals surface area contributed by atoms with E-state index in [0.717, 1.165) is 30.2 Å². The van der Waals surface area contributed by atoms with Gasteiger partial charge in [-0.15, -0.1) is 0 Å². The highest BCUT2D eigenvalue weighted by molar-refractivity contribution is 5.54. The van der Waals surface area contributed by atoms with Gasteiger partial charge in [0.15, 0.2) is 5.82 Å². The third kappa shape index (κ3) is 3.64. The second-order valence-corrected chi connectivity index (χ2v) is 4.76. The number of hydrogen-bond acceptors (Lipinski definition) is 3. The second kappa shape index (κ2) is 6.26. The Morgan fingerprint density at radius 2 is 1.89 bits per heavy atom. The fourth-order valence-corrected chi connectivity index (χ4v) is 1.71. The molecule has 0 saturated carbocycles. The lowest BCUT2D eigenvalue weighted by molar-refractivity contribution is 0.548. The van der Waals surface area contributed by atoms with Crippen LogP contribution in [0.15, 0.2) is 42.6 Å². The van der Waals surface area contributed by atoms with Gasteiger partial charge in [-0.3, -0.25) is 0 Å². The third-order valence-electron chi connectivity index (χ3n) is 2.60. The summed E-state index contributed by atoms with van der Waals surface area (Å²) in [5.41, 5.74) is 2.09. The Morgan fingerprint density at radius 1 is 1.11 bits per heavy atom. The Labute approximate surface area is 108 Å². The molecule has 0 atom stereocenters. The Hall–Kier alpha value is -1.74. The van der Waals surface area contributed by atoms with E-state index in [0.29, 0.717) is 5.92 Å². The van der Waals surface area contributed by atoms with E-state index in [-0.39, 0.29) is 0 Å². The summed E-state index contributed by atoms with van der Waals surface area (Å²) in [7, 11) is 0. The summed E-state index contributed by atoms with van der Waals surface area (Å²) in [5.74, 6) is 1.44. The van der Waals surface area contributed by atoms with Gasteiger partial charge in [0.25, 0.3) is 0 Å². The monoisotopic (exact) mass is 241 g/mol. The van der Waals surface area contributed by atoms with E-state index >= 15 is 0 Å². The van der Waals surface area contributed by atoms with Crippen molar-refractivity contribution in [1.82, 2.24) is 15.3 Å². The molecule has 0 saturated heterocycles. The number of hydrogen-bond donors (Lipinski definition) is 1. The van der Waals surface area contributed by atoms with E-state index in [1.165, 1.54) is 0 Å². The maximum atomic E-state index is 4.57. The highest BCUT2D eigenvalue weighted by Crippen LogP contribution is 2.13. The Balaban J connectivity index is 2.06. The van der Waals surface area contributed by atoms with E-state index in [1.807, 2.05) is 42.6 Å². The minimum Gasteiger partial charge on any atom is -0.311 e. The molecule has 0 aliphatic carbocycles. The maximum Gasteiger partial charge on any atom is 0.159 e. The quantitative estimate of drug-likeness (QED) is 0.874. The molecule has 0 aliphatic heterocycles. The Morgan fingerprint density at radius 3 is 2.61 bits per heavy atom. The minimum absolute atomic E-state index is 0.653. The van der Waals surface area contributed by atoms with E-state index in [9.17, 15) is 0 Å². The van der Waals surface area contributed by atoms with Gasteiger partial charge in [-0.05, 0) is 18.5 Å². The van der Waals surface area contributed by atoms with Crippen molar-refractivity contribution in [2.24, 2.45) is 5.92 Å².